The molecule has 0 amide bonds. The second-order valence-electron chi connectivity index (χ2n) is 5.60. The number of nitrogens with zero attached hydrogens (tertiary/aromatic N) is 3. The summed E-state index contributed by atoms with van der Waals surface area (Å²) in [5.74, 6) is 0. The Morgan fingerprint density at radius 2 is 2.11 bits per heavy atom. The number of hydrogen-bond acceptors (Lipinski definition) is 3. The zero-order valence-electron chi connectivity index (χ0n) is 12.5. The third-order valence-corrected chi connectivity index (χ3v) is 3.61. The number of halogens is 1. The lowest BCUT2D eigenvalue weighted by molar-refractivity contribution is 0.0353. The van der Waals surface area contributed by atoms with E-state index in [1.807, 2.05) is 25.7 Å². The van der Waals surface area contributed by atoms with Gasteiger partial charge in [-0.2, -0.15) is 5.10 Å². The van der Waals surface area contributed by atoms with Gasteiger partial charge in [0.25, 0.3) is 0 Å². The average molecular weight is 288 g/mol. The maximum atomic E-state index is 10.7. The molecule has 0 radical (unpaired) electrons. The fourth-order valence-corrected chi connectivity index (χ4v) is 2.54. The van der Waals surface area contributed by atoms with Crippen molar-refractivity contribution in [2.45, 2.75) is 51.7 Å². The first-order chi connectivity index (χ1) is 8.88. The molecule has 1 atom stereocenters. The lowest BCUT2D eigenvalue weighted by Crippen LogP contribution is -2.28. The summed E-state index contributed by atoms with van der Waals surface area (Å²) in [4.78, 5) is 2.09. The third kappa shape index (κ3) is 4.79. The lowest BCUT2D eigenvalue weighted by Gasteiger charge is -2.25. The lowest BCUT2D eigenvalue weighted by atomic mass is 9.94. The number of hydrogen-bond donors (Lipinski definition) is 1. The van der Waals surface area contributed by atoms with Gasteiger partial charge >= 0.3 is 0 Å². The quantitative estimate of drug-likeness (QED) is 0.748. The molecule has 1 heterocycles. The molecular formula is C14H26ClN3O. The minimum Gasteiger partial charge on any atom is -0.384 e. The van der Waals surface area contributed by atoms with Crippen molar-refractivity contribution in [1.82, 2.24) is 14.7 Å². The summed E-state index contributed by atoms with van der Waals surface area (Å²) in [5.41, 5.74) is -0.165. The Bertz CT molecular complexity index is 388. The molecule has 1 aromatic rings. The highest BCUT2D eigenvalue weighted by Gasteiger charge is 2.29. The summed E-state index contributed by atoms with van der Waals surface area (Å²) in [6, 6.07) is 0. The van der Waals surface area contributed by atoms with Gasteiger partial charge in [-0.05, 0) is 27.4 Å². The van der Waals surface area contributed by atoms with Gasteiger partial charge in [0.2, 0.25) is 0 Å². The molecule has 0 spiro atoms. The van der Waals surface area contributed by atoms with Crippen molar-refractivity contribution < 1.29 is 5.11 Å². The standard InChI is InChI=1S/C14H26ClN3O/c1-5-6-7-8-14(2,19)13-12(15)11-16-18(13)10-9-17(3)4/h11,19H,5-10H2,1-4H3. The summed E-state index contributed by atoms with van der Waals surface area (Å²) in [5, 5.41) is 15.5. The summed E-state index contributed by atoms with van der Waals surface area (Å²) in [6.07, 6.45) is 5.61. The molecule has 0 aliphatic heterocycles. The maximum absolute atomic E-state index is 10.7. The van der Waals surface area contributed by atoms with Gasteiger partial charge in [0.1, 0.15) is 5.60 Å². The van der Waals surface area contributed by atoms with Crippen LogP contribution in [0, 0.1) is 0 Å². The van der Waals surface area contributed by atoms with Gasteiger partial charge < -0.3 is 10.0 Å². The van der Waals surface area contributed by atoms with E-state index in [1.165, 1.54) is 0 Å². The van der Waals surface area contributed by atoms with Gasteiger partial charge in [0.05, 0.1) is 23.5 Å². The first-order valence-electron chi connectivity index (χ1n) is 6.97. The molecule has 0 bridgehead atoms. The van der Waals surface area contributed by atoms with Gasteiger partial charge in [-0.25, -0.2) is 0 Å². The van der Waals surface area contributed by atoms with Crippen LogP contribution in [-0.4, -0.2) is 40.4 Å². The van der Waals surface area contributed by atoms with Gasteiger partial charge in [0.15, 0.2) is 0 Å². The Balaban J connectivity index is 2.81. The van der Waals surface area contributed by atoms with Crippen molar-refractivity contribution in [3.05, 3.63) is 16.9 Å². The summed E-state index contributed by atoms with van der Waals surface area (Å²) in [6.45, 7) is 5.59. The van der Waals surface area contributed by atoms with Crippen LogP contribution in [0.4, 0.5) is 0 Å². The molecular weight excluding hydrogens is 262 g/mol. The van der Waals surface area contributed by atoms with E-state index in [-0.39, 0.29) is 0 Å². The minimum atomic E-state index is -0.908. The van der Waals surface area contributed by atoms with Crippen LogP contribution in [0.25, 0.3) is 0 Å². The molecule has 1 N–H and O–H groups in total. The van der Waals surface area contributed by atoms with Crippen LogP contribution >= 0.6 is 11.6 Å². The monoisotopic (exact) mass is 287 g/mol. The third-order valence-electron chi connectivity index (χ3n) is 3.33. The van der Waals surface area contributed by atoms with E-state index in [9.17, 15) is 5.11 Å². The Labute approximate surface area is 121 Å². The van der Waals surface area contributed by atoms with Crippen molar-refractivity contribution in [3.63, 3.8) is 0 Å². The molecule has 110 valence electrons. The first kappa shape index (κ1) is 16.5. The number of likely N-dealkylation sites (N-methyl/N-ethyl adjacent to an activating group) is 1. The van der Waals surface area contributed by atoms with Crippen LogP contribution in [0.1, 0.15) is 45.2 Å². The average Bonchev–Trinajstić information content (AvgIpc) is 2.68. The van der Waals surface area contributed by atoms with Crippen molar-refractivity contribution in [3.8, 4) is 0 Å². The largest absolute Gasteiger partial charge is 0.384 e. The SMILES string of the molecule is CCCCCC(C)(O)c1c(Cl)cnn1CCN(C)C. The predicted octanol–water partition coefficient (Wildman–Crippen LogP) is 2.89. The molecule has 0 fully saturated rings. The minimum absolute atomic E-state index is 0.556. The van der Waals surface area contributed by atoms with Crippen molar-refractivity contribution in [1.29, 1.82) is 0 Å². The molecule has 19 heavy (non-hydrogen) atoms. The summed E-state index contributed by atoms with van der Waals surface area (Å²) < 4.78 is 1.83. The van der Waals surface area contributed by atoms with E-state index in [4.69, 9.17) is 11.6 Å². The Kier molecular flexibility index (Phi) is 6.30. The van der Waals surface area contributed by atoms with E-state index in [2.05, 4.69) is 16.9 Å². The van der Waals surface area contributed by atoms with Crippen LogP contribution in [-0.2, 0) is 12.1 Å². The van der Waals surface area contributed by atoms with Gasteiger partial charge in [-0.1, -0.05) is 37.8 Å². The Hall–Kier alpha value is -0.580. The molecule has 4 nitrogen and oxygen atoms in total. The highest BCUT2D eigenvalue weighted by molar-refractivity contribution is 6.31. The molecule has 1 aromatic heterocycles. The second-order valence-corrected chi connectivity index (χ2v) is 6.01. The molecule has 0 aromatic carbocycles. The molecule has 1 rings (SSSR count). The molecule has 1 unspecified atom stereocenters. The normalized spacial score (nSPS) is 14.9. The fraction of sp³-hybridized carbons (Fsp3) is 0.786. The summed E-state index contributed by atoms with van der Waals surface area (Å²) >= 11 is 6.20. The van der Waals surface area contributed by atoms with E-state index in [0.29, 0.717) is 11.4 Å². The topological polar surface area (TPSA) is 41.3 Å². The Morgan fingerprint density at radius 1 is 1.42 bits per heavy atom. The van der Waals surface area contributed by atoms with E-state index in [1.54, 1.807) is 6.20 Å². The van der Waals surface area contributed by atoms with Crippen LogP contribution in [0.3, 0.4) is 0 Å². The summed E-state index contributed by atoms with van der Waals surface area (Å²) in [7, 11) is 4.04. The zero-order valence-corrected chi connectivity index (χ0v) is 13.2. The smallest absolute Gasteiger partial charge is 0.105 e. The molecule has 0 saturated heterocycles. The first-order valence-corrected chi connectivity index (χ1v) is 7.35. The molecule has 0 aliphatic carbocycles. The highest BCUT2D eigenvalue weighted by Crippen LogP contribution is 2.32. The number of aliphatic hydroxyl groups is 1. The fourth-order valence-electron chi connectivity index (χ4n) is 2.20. The number of unbranched alkanes of at least 4 members (excludes halogenated alkanes) is 2. The maximum Gasteiger partial charge on any atom is 0.105 e. The van der Waals surface area contributed by atoms with Crippen LogP contribution in [0.5, 0.6) is 0 Å². The van der Waals surface area contributed by atoms with E-state index >= 15 is 0 Å². The molecule has 0 saturated carbocycles. The Morgan fingerprint density at radius 3 is 2.68 bits per heavy atom. The van der Waals surface area contributed by atoms with E-state index < -0.39 is 5.60 Å². The zero-order chi connectivity index (χ0) is 14.5. The second kappa shape index (κ2) is 7.27. The van der Waals surface area contributed by atoms with Gasteiger partial charge in [-0.3, -0.25) is 4.68 Å². The van der Waals surface area contributed by atoms with E-state index in [0.717, 1.165) is 38.0 Å². The van der Waals surface area contributed by atoms with Crippen LogP contribution < -0.4 is 0 Å². The number of aromatic nitrogens is 2. The van der Waals surface area contributed by atoms with Gasteiger partial charge in [0, 0.05) is 6.54 Å². The van der Waals surface area contributed by atoms with Crippen LogP contribution in [0.2, 0.25) is 5.02 Å². The molecule has 5 heteroatoms. The van der Waals surface area contributed by atoms with Crippen molar-refractivity contribution >= 4 is 11.6 Å². The van der Waals surface area contributed by atoms with Crippen molar-refractivity contribution in [2.75, 3.05) is 20.6 Å². The van der Waals surface area contributed by atoms with Gasteiger partial charge in [-0.15, -0.1) is 0 Å². The number of rotatable bonds is 8. The highest BCUT2D eigenvalue weighted by atomic mass is 35.5. The molecule has 0 aliphatic rings. The predicted molar refractivity (Wildman–Crippen MR) is 79.5 cm³/mol. The van der Waals surface area contributed by atoms with Crippen molar-refractivity contribution in [2.24, 2.45) is 0 Å². The van der Waals surface area contributed by atoms with Crippen LogP contribution in [0.15, 0.2) is 6.20 Å².